The Morgan fingerprint density at radius 3 is 2.41 bits per heavy atom. The SMILES string of the molecule is CCOc1ccc([C@@H]2CC(=O)C3=C(C2)NC(=O)C[C@H]3c2cc(Cl)c(O)c(OCC)c2)cc1. The fourth-order valence-corrected chi connectivity index (χ4v) is 4.76. The summed E-state index contributed by atoms with van der Waals surface area (Å²) in [4.78, 5) is 25.8. The van der Waals surface area contributed by atoms with E-state index in [1.165, 1.54) is 0 Å². The normalized spacial score (nSPS) is 20.6. The molecule has 0 saturated carbocycles. The number of phenols is 1. The summed E-state index contributed by atoms with van der Waals surface area (Å²) in [6.07, 6.45) is 1.08. The van der Waals surface area contributed by atoms with Crippen LogP contribution in [0.15, 0.2) is 47.7 Å². The van der Waals surface area contributed by atoms with Crippen molar-refractivity contribution in [2.24, 2.45) is 0 Å². The number of hydrogen-bond donors (Lipinski definition) is 2. The number of ketones is 1. The summed E-state index contributed by atoms with van der Waals surface area (Å²) in [6.45, 7) is 4.69. The molecule has 0 fully saturated rings. The van der Waals surface area contributed by atoms with Gasteiger partial charge in [0, 0.05) is 30.0 Å². The maximum Gasteiger partial charge on any atom is 0.225 e. The fourth-order valence-electron chi connectivity index (χ4n) is 4.54. The van der Waals surface area contributed by atoms with E-state index in [9.17, 15) is 14.7 Å². The monoisotopic (exact) mass is 455 g/mol. The molecule has 6 nitrogen and oxygen atoms in total. The second-order valence-corrected chi connectivity index (χ2v) is 8.42. The molecule has 2 aromatic carbocycles. The second-order valence-electron chi connectivity index (χ2n) is 8.01. The van der Waals surface area contributed by atoms with Crippen molar-refractivity contribution in [2.75, 3.05) is 13.2 Å². The first kappa shape index (κ1) is 22.2. The quantitative estimate of drug-likeness (QED) is 0.650. The van der Waals surface area contributed by atoms with Gasteiger partial charge in [-0.25, -0.2) is 0 Å². The number of aromatic hydroxyl groups is 1. The summed E-state index contributed by atoms with van der Waals surface area (Å²) in [5, 5.41) is 13.2. The minimum atomic E-state index is -0.426. The summed E-state index contributed by atoms with van der Waals surface area (Å²) in [7, 11) is 0. The molecule has 0 bridgehead atoms. The summed E-state index contributed by atoms with van der Waals surface area (Å²) < 4.78 is 11.0. The van der Waals surface area contributed by atoms with Crippen LogP contribution in [-0.4, -0.2) is 30.0 Å². The Hall–Kier alpha value is -2.99. The number of rotatable bonds is 6. The van der Waals surface area contributed by atoms with E-state index >= 15 is 0 Å². The maximum absolute atomic E-state index is 13.3. The molecule has 2 aliphatic rings. The van der Waals surface area contributed by atoms with E-state index in [2.05, 4.69) is 5.32 Å². The van der Waals surface area contributed by atoms with Crippen LogP contribution < -0.4 is 14.8 Å². The van der Waals surface area contributed by atoms with Gasteiger partial charge in [-0.15, -0.1) is 0 Å². The van der Waals surface area contributed by atoms with Crippen molar-refractivity contribution < 1.29 is 24.2 Å². The van der Waals surface area contributed by atoms with Gasteiger partial charge >= 0.3 is 0 Å². The first-order chi connectivity index (χ1) is 15.4. The number of carbonyl (C=O) groups is 2. The van der Waals surface area contributed by atoms with Crippen molar-refractivity contribution in [1.29, 1.82) is 0 Å². The molecule has 0 spiro atoms. The molecule has 32 heavy (non-hydrogen) atoms. The molecular formula is C25H26ClNO5. The van der Waals surface area contributed by atoms with Crippen LogP contribution in [0, 0.1) is 0 Å². The predicted octanol–water partition coefficient (Wildman–Crippen LogP) is 4.85. The molecule has 2 atom stereocenters. The lowest BCUT2D eigenvalue weighted by Gasteiger charge is -2.34. The largest absolute Gasteiger partial charge is 0.503 e. The van der Waals surface area contributed by atoms with Gasteiger partial charge < -0.3 is 19.9 Å². The van der Waals surface area contributed by atoms with Gasteiger partial charge in [0.1, 0.15) is 5.75 Å². The summed E-state index contributed by atoms with van der Waals surface area (Å²) in [5.41, 5.74) is 3.02. The zero-order valence-electron chi connectivity index (χ0n) is 18.1. The molecule has 0 radical (unpaired) electrons. The third kappa shape index (κ3) is 4.32. The van der Waals surface area contributed by atoms with E-state index < -0.39 is 5.92 Å². The van der Waals surface area contributed by atoms with Gasteiger partial charge in [-0.3, -0.25) is 9.59 Å². The lowest BCUT2D eigenvalue weighted by molar-refractivity contribution is -0.122. The molecule has 1 amide bonds. The van der Waals surface area contributed by atoms with Crippen LogP contribution in [0.2, 0.25) is 5.02 Å². The number of benzene rings is 2. The van der Waals surface area contributed by atoms with Crippen LogP contribution in [0.3, 0.4) is 0 Å². The molecule has 1 heterocycles. The number of phenolic OH excluding ortho intramolecular Hbond substituents is 1. The van der Waals surface area contributed by atoms with E-state index in [-0.39, 0.29) is 40.6 Å². The first-order valence-corrected chi connectivity index (χ1v) is 11.2. The highest BCUT2D eigenvalue weighted by molar-refractivity contribution is 6.32. The van der Waals surface area contributed by atoms with Gasteiger partial charge in [-0.1, -0.05) is 23.7 Å². The number of allylic oxidation sites excluding steroid dienone is 2. The number of halogens is 1. The topological polar surface area (TPSA) is 84.9 Å². The van der Waals surface area contributed by atoms with Crippen molar-refractivity contribution >= 4 is 23.3 Å². The fraction of sp³-hybridized carbons (Fsp3) is 0.360. The van der Waals surface area contributed by atoms with E-state index in [1.807, 2.05) is 31.2 Å². The maximum atomic E-state index is 13.3. The Morgan fingerprint density at radius 2 is 1.72 bits per heavy atom. The van der Waals surface area contributed by atoms with Gasteiger partial charge in [-0.05, 0) is 61.6 Å². The van der Waals surface area contributed by atoms with E-state index in [4.69, 9.17) is 21.1 Å². The molecule has 7 heteroatoms. The molecular weight excluding hydrogens is 430 g/mol. The lowest BCUT2D eigenvalue weighted by Crippen LogP contribution is -2.38. The Kier molecular flexibility index (Phi) is 6.42. The van der Waals surface area contributed by atoms with Gasteiger partial charge in [-0.2, -0.15) is 0 Å². The van der Waals surface area contributed by atoms with Gasteiger partial charge in [0.25, 0.3) is 0 Å². The van der Waals surface area contributed by atoms with Gasteiger partial charge in [0.05, 0.1) is 18.2 Å². The van der Waals surface area contributed by atoms with Gasteiger partial charge in [0.2, 0.25) is 5.91 Å². The minimum absolute atomic E-state index is 0.0114. The summed E-state index contributed by atoms with van der Waals surface area (Å²) >= 11 is 6.22. The molecule has 4 rings (SSSR count). The molecule has 2 aromatic rings. The standard InChI is InChI=1S/C25H26ClNO5/c1-3-31-17-7-5-14(6-8-17)15-10-20-24(21(28)11-15)18(13-23(29)27-20)16-9-19(26)25(30)22(12-16)32-4-2/h5-9,12,15,18,30H,3-4,10-11,13H2,1-2H3,(H,27,29)/t15-,18-/m0/s1. The van der Waals surface area contributed by atoms with E-state index in [0.29, 0.717) is 42.9 Å². The van der Waals surface area contributed by atoms with Crippen LogP contribution in [0.25, 0.3) is 0 Å². The Bertz CT molecular complexity index is 1080. The van der Waals surface area contributed by atoms with E-state index in [1.54, 1.807) is 19.1 Å². The predicted molar refractivity (Wildman–Crippen MR) is 121 cm³/mol. The highest BCUT2D eigenvalue weighted by atomic mass is 35.5. The molecule has 1 aliphatic carbocycles. The Balaban J connectivity index is 1.67. The summed E-state index contributed by atoms with van der Waals surface area (Å²) in [6, 6.07) is 11.0. The third-order valence-corrected chi connectivity index (χ3v) is 6.24. The number of Topliss-reactive ketones (excluding diaryl/α,β-unsaturated/α-hetero) is 1. The van der Waals surface area contributed by atoms with Crippen LogP contribution in [-0.2, 0) is 9.59 Å². The number of carbonyl (C=O) groups excluding carboxylic acids is 2. The number of ether oxygens (including phenoxy) is 2. The van der Waals surface area contributed by atoms with Crippen molar-refractivity contribution in [1.82, 2.24) is 5.32 Å². The van der Waals surface area contributed by atoms with Crippen LogP contribution in [0.4, 0.5) is 0 Å². The van der Waals surface area contributed by atoms with Crippen molar-refractivity contribution in [3.8, 4) is 17.2 Å². The molecule has 0 aromatic heterocycles. The zero-order chi connectivity index (χ0) is 22.8. The molecule has 0 saturated heterocycles. The van der Waals surface area contributed by atoms with Crippen LogP contribution in [0.1, 0.15) is 56.1 Å². The summed E-state index contributed by atoms with van der Waals surface area (Å²) in [5.74, 6) is 0.325. The molecule has 168 valence electrons. The van der Waals surface area contributed by atoms with Crippen LogP contribution >= 0.6 is 11.6 Å². The third-order valence-electron chi connectivity index (χ3n) is 5.95. The average Bonchev–Trinajstić information content (AvgIpc) is 2.76. The number of nitrogens with one attached hydrogen (secondary N) is 1. The smallest absolute Gasteiger partial charge is 0.225 e. The average molecular weight is 456 g/mol. The molecule has 1 aliphatic heterocycles. The van der Waals surface area contributed by atoms with Gasteiger partial charge in [0.15, 0.2) is 17.3 Å². The number of hydrogen-bond acceptors (Lipinski definition) is 5. The van der Waals surface area contributed by atoms with Crippen molar-refractivity contribution in [2.45, 2.75) is 44.9 Å². The molecule has 0 unspecified atom stereocenters. The molecule has 2 N–H and O–H groups in total. The van der Waals surface area contributed by atoms with Crippen molar-refractivity contribution in [3.05, 3.63) is 63.8 Å². The van der Waals surface area contributed by atoms with E-state index in [0.717, 1.165) is 11.3 Å². The highest BCUT2D eigenvalue weighted by Crippen LogP contribution is 2.45. The van der Waals surface area contributed by atoms with Crippen LogP contribution in [0.5, 0.6) is 17.2 Å². The van der Waals surface area contributed by atoms with Crippen molar-refractivity contribution in [3.63, 3.8) is 0 Å². The minimum Gasteiger partial charge on any atom is -0.503 e. The number of amides is 1. The lowest BCUT2D eigenvalue weighted by atomic mass is 9.73. The Morgan fingerprint density at radius 1 is 1.00 bits per heavy atom. The first-order valence-electron chi connectivity index (χ1n) is 10.8. The highest BCUT2D eigenvalue weighted by Gasteiger charge is 2.38. The zero-order valence-corrected chi connectivity index (χ0v) is 18.9. The Labute approximate surface area is 192 Å². The second kappa shape index (κ2) is 9.25.